The summed E-state index contributed by atoms with van der Waals surface area (Å²) >= 11 is 6.51. The Balaban J connectivity index is 1.53. The molecule has 4 rings (SSSR count). The third-order valence-corrected chi connectivity index (χ3v) is 7.66. The Labute approximate surface area is 127 Å². The van der Waals surface area contributed by atoms with Crippen molar-refractivity contribution in [1.82, 2.24) is 0 Å². The second-order valence-corrected chi connectivity index (χ2v) is 8.70. The molecule has 0 amide bonds. The molecule has 6 unspecified atom stereocenters. The van der Waals surface area contributed by atoms with Gasteiger partial charge in [0.15, 0.2) is 0 Å². The fourth-order valence-electron chi connectivity index (χ4n) is 5.23. The van der Waals surface area contributed by atoms with Crippen LogP contribution in [0.3, 0.4) is 0 Å². The molecule has 2 aliphatic heterocycles. The van der Waals surface area contributed by atoms with Crippen LogP contribution in [-0.4, -0.2) is 29.3 Å². The van der Waals surface area contributed by atoms with Gasteiger partial charge in [0.2, 0.25) is 0 Å². The van der Waals surface area contributed by atoms with Crippen LogP contribution in [0.5, 0.6) is 0 Å². The lowest BCUT2D eigenvalue weighted by Crippen LogP contribution is -2.44. The van der Waals surface area contributed by atoms with E-state index in [2.05, 4.69) is 20.8 Å². The first-order valence-corrected chi connectivity index (χ1v) is 8.85. The van der Waals surface area contributed by atoms with Gasteiger partial charge in [0, 0.05) is 5.88 Å². The number of fused-ring (bicyclic) bond motifs is 2. The summed E-state index contributed by atoms with van der Waals surface area (Å²) in [5.74, 6) is 2.21. The summed E-state index contributed by atoms with van der Waals surface area (Å²) in [4.78, 5) is 0. The number of rotatable bonds is 3. The Kier molecular flexibility index (Phi) is 2.87. The standard InChI is InChI=1S/C17H27ClO2/c1-15(10-18,11-4-6-13-16(2,8-11)19-13)12-5-7-14-17(3,9-12)20-14/h11-14H,4-10H2,1-3H3. The van der Waals surface area contributed by atoms with E-state index in [0.717, 1.165) is 5.88 Å². The zero-order valence-corrected chi connectivity index (χ0v) is 13.7. The van der Waals surface area contributed by atoms with Crippen LogP contribution in [0.25, 0.3) is 0 Å². The SMILES string of the molecule is CC12CC(C(C)(CCl)C3CCC4OC4(C)C3)CCC1O2. The molecule has 4 fully saturated rings. The van der Waals surface area contributed by atoms with Crippen molar-refractivity contribution in [1.29, 1.82) is 0 Å². The van der Waals surface area contributed by atoms with Gasteiger partial charge < -0.3 is 9.47 Å². The zero-order chi connectivity index (χ0) is 14.2. The third-order valence-electron chi connectivity index (χ3n) is 7.08. The summed E-state index contributed by atoms with van der Waals surface area (Å²) in [7, 11) is 0. The molecule has 2 saturated heterocycles. The quantitative estimate of drug-likeness (QED) is 0.578. The Bertz CT molecular complexity index is 391. The number of hydrogen-bond acceptors (Lipinski definition) is 2. The Morgan fingerprint density at radius 3 is 1.75 bits per heavy atom. The lowest BCUT2D eigenvalue weighted by atomic mass is 9.58. The number of epoxide rings is 2. The van der Waals surface area contributed by atoms with Crippen molar-refractivity contribution in [2.45, 2.75) is 82.7 Å². The van der Waals surface area contributed by atoms with Gasteiger partial charge in [0.1, 0.15) is 0 Å². The molecule has 0 bridgehead atoms. The van der Waals surface area contributed by atoms with E-state index in [0.29, 0.717) is 24.0 Å². The fourth-order valence-corrected chi connectivity index (χ4v) is 5.67. The molecule has 2 nitrogen and oxygen atoms in total. The highest BCUT2D eigenvalue weighted by Crippen LogP contribution is 2.60. The van der Waals surface area contributed by atoms with Gasteiger partial charge in [0.05, 0.1) is 23.4 Å². The lowest BCUT2D eigenvalue weighted by molar-refractivity contribution is 0.0509. The van der Waals surface area contributed by atoms with Crippen LogP contribution in [0, 0.1) is 17.3 Å². The lowest BCUT2D eigenvalue weighted by Gasteiger charge is -2.46. The van der Waals surface area contributed by atoms with Crippen molar-refractivity contribution in [3.05, 3.63) is 0 Å². The summed E-state index contributed by atoms with van der Waals surface area (Å²) in [6, 6.07) is 0. The fraction of sp³-hybridized carbons (Fsp3) is 1.00. The number of hydrogen-bond donors (Lipinski definition) is 0. The van der Waals surface area contributed by atoms with Gasteiger partial charge in [-0.2, -0.15) is 0 Å². The van der Waals surface area contributed by atoms with Crippen molar-refractivity contribution < 1.29 is 9.47 Å². The van der Waals surface area contributed by atoms with E-state index in [4.69, 9.17) is 21.1 Å². The molecule has 0 radical (unpaired) electrons. The van der Waals surface area contributed by atoms with Crippen molar-refractivity contribution >= 4 is 11.6 Å². The number of alkyl halides is 1. The Hall–Kier alpha value is 0.210. The average Bonchev–Trinajstić information content (AvgIpc) is 3.28. The van der Waals surface area contributed by atoms with E-state index in [1.807, 2.05) is 0 Å². The van der Waals surface area contributed by atoms with Crippen molar-refractivity contribution in [3.63, 3.8) is 0 Å². The smallest absolute Gasteiger partial charge is 0.0923 e. The first-order chi connectivity index (χ1) is 9.40. The van der Waals surface area contributed by atoms with Crippen molar-refractivity contribution in [2.24, 2.45) is 17.3 Å². The molecule has 6 atom stereocenters. The van der Waals surface area contributed by atoms with Gasteiger partial charge in [-0.15, -0.1) is 11.6 Å². The molecule has 0 aromatic heterocycles. The van der Waals surface area contributed by atoms with Crippen LogP contribution in [0.4, 0.5) is 0 Å². The molecule has 114 valence electrons. The zero-order valence-electron chi connectivity index (χ0n) is 13.0. The summed E-state index contributed by atoms with van der Waals surface area (Å²) in [6.07, 6.45) is 8.54. The van der Waals surface area contributed by atoms with E-state index in [9.17, 15) is 0 Å². The monoisotopic (exact) mass is 298 g/mol. The molecule has 3 heteroatoms. The first kappa shape index (κ1) is 13.8. The first-order valence-electron chi connectivity index (χ1n) is 8.31. The van der Waals surface area contributed by atoms with Gasteiger partial charge in [-0.05, 0) is 69.6 Å². The van der Waals surface area contributed by atoms with Crippen LogP contribution in [0.1, 0.15) is 59.3 Å². The Morgan fingerprint density at radius 2 is 1.40 bits per heavy atom. The van der Waals surface area contributed by atoms with Gasteiger partial charge in [-0.1, -0.05) is 6.92 Å². The molecule has 2 heterocycles. The maximum absolute atomic E-state index is 6.51. The second kappa shape index (κ2) is 4.14. The van der Waals surface area contributed by atoms with Crippen molar-refractivity contribution in [3.8, 4) is 0 Å². The van der Waals surface area contributed by atoms with Crippen molar-refractivity contribution in [2.75, 3.05) is 5.88 Å². The molecule has 2 saturated carbocycles. The van der Waals surface area contributed by atoms with Gasteiger partial charge in [-0.25, -0.2) is 0 Å². The Morgan fingerprint density at radius 1 is 0.950 bits per heavy atom. The maximum atomic E-state index is 6.51. The third kappa shape index (κ3) is 1.90. The van der Waals surface area contributed by atoms with Gasteiger partial charge >= 0.3 is 0 Å². The average molecular weight is 299 g/mol. The van der Waals surface area contributed by atoms with Crippen LogP contribution in [0.2, 0.25) is 0 Å². The molecule has 2 aliphatic carbocycles. The summed E-state index contributed by atoms with van der Waals surface area (Å²) in [6.45, 7) is 7.02. The topological polar surface area (TPSA) is 25.1 Å². The van der Waals surface area contributed by atoms with E-state index in [1.165, 1.54) is 38.5 Å². The largest absolute Gasteiger partial charge is 0.366 e. The summed E-state index contributed by atoms with van der Waals surface area (Å²) < 4.78 is 11.8. The van der Waals surface area contributed by atoms with Crippen LogP contribution >= 0.6 is 11.6 Å². The minimum absolute atomic E-state index is 0.174. The van der Waals surface area contributed by atoms with Gasteiger partial charge in [0.25, 0.3) is 0 Å². The predicted molar refractivity (Wildman–Crippen MR) is 80.1 cm³/mol. The van der Waals surface area contributed by atoms with Crippen LogP contribution in [0.15, 0.2) is 0 Å². The molecule has 0 spiro atoms. The molecule has 0 N–H and O–H groups in total. The second-order valence-electron chi connectivity index (χ2n) is 8.43. The minimum atomic E-state index is 0.174. The molecule has 0 aromatic carbocycles. The van der Waals surface area contributed by atoms with E-state index < -0.39 is 0 Å². The van der Waals surface area contributed by atoms with E-state index >= 15 is 0 Å². The number of ether oxygens (including phenoxy) is 2. The maximum Gasteiger partial charge on any atom is 0.0923 e. The highest BCUT2D eigenvalue weighted by Gasteiger charge is 2.62. The highest BCUT2D eigenvalue weighted by atomic mass is 35.5. The number of halogens is 1. The predicted octanol–water partition coefficient (Wildman–Crippen LogP) is 4.15. The molecular formula is C17H27ClO2. The molecule has 0 aromatic rings. The van der Waals surface area contributed by atoms with Gasteiger partial charge in [-0.3, -0.25) is 0 Å². The molecule has 4 aliphatic rings. The highest BCUT2D eigenvalue weighted by molar-refractivity contribution is 6.18. The van der Waals surface area contributed by atoms with E-state index in [1.54, 1.807) is 0 Å². The summed E-state index contributed by atoms with van der Waals surface area (Å²) in [5.41, 5.74) is 0.599. The molecule has 20 heavy (non-hydrogen) atoms. The van der Waals surface area contributed by atoms with Crippen LogP contribution < -0.4 is 0 Å². The molecular weight excluding hydrogens is 272 g/mol. The minimum Gasteiger partial charge on any atom is -0.366 e. The summed E-state index contributed by atoms with van der Waals surface area (Å²) in [5, 5.41) is 0. The normalized spacial score (nSPS) is 56.4. The van der Waals surface area contributed by atoms with Crippen LogP contribution in [-0.2, 0) is 9.47 Å². The van der Waals surface area contributed by atoms with E-state index in [-0.39, 0.29) is 16.6 Å².